The Labute approximate surface area is 208 Å². The third kappa shape index (κ3) is 8.40. The van der Waals surface area contributed by atoms with Crippen LogP contribution in [-0.2, 0) is 37.7 Å². The number of halogens is 2. The maximum Gasteiger partial charge on any atom is 0 e. The average molecular weight is 646 g/mol. The zero-order valence-electron chi connectivity index (χ0n) is 17.7. The van der Waals surface area contributed by atoms with Gasteiger partial charge in [0.05, 0.1) is 0 Å². The van der Waals surface area contributed by atoms with Gasteiger partial charge in [-0.25, -0.2) is 0 Å². The number of hydrogen-bond acceptors (Lipinski definition) is 0. The summed E-state index contributed by atoms with van der Waals surface area (Å²) in [5.74, 6) is 4.50. The van der Waals surface area contributed by atoms with E-state index >= 15 is 0 Å². The molecule has 28 heavy (non-hydrogen) atoms. The smallest absolute Gasteiger partial charge is 0 e. The summed E-state index contributed by atoms with van der Waals surface area (Å²) in [5.41, 5.74) is 5.66. The molecule has 0 spiro atoms. The van der Waals surface area contributed by atoms with Crippen LogP contribution in [0.5, 0.6) is 0 Å². The first kappa shape index (κ1) is 32.7. The second-order valence-electron chi connectivity index (χ2n) is 7.35. The summed E-state index contributed by atoms with van der Waals surface area (Å²) in [4.78, 5) is 0. The van der Waals surface area contributed by atoms with Gasteiger partial charge in [0, 0.05) is 25.8 Å². The van der Waals surface area contributed by atoms with Gasteiger partial charge in [0.2, 0.25) is 0 Å². The van der Waals surface area contributed by atoms with Crippen LogP contribution in [0.2, 0.25) is 11.5 Å². The van der Waals surface area contributed by atoms with E-state index in [1.165, 1.54) is 33.0 Å². The van der Waals surface area contributed by atoms with Crippen LogP contribution in [0.4, 0.5) is 0 Å². The van der Waals surface area contributed by atoms with Crippen molar-refractivity contribution in [3.63, 3.8) is 0 Å². The predicted molar refractivity (Wildman–Crippen MR) is 114 cm³/mol. The van der Waals surface area contributed by atoms with Crippen LogP contribution in [0.3, 0.4) is 0 Å². The van der Waals surface area contributed by atoms with E-state index in [2.05, 4.69) is 93.8 Å². The van der Waals surface area contributed by atoms with Crippen molar-refractivity contribution in [2.45, 2.75) is 51.0 Å². The quantitative estimate of drug-likeness (QED) is 0.279. The van der Waals surface area contributed by atoms with Gasteiger partial charge in [-0.15, -0.1) is 34.5 Å². The Morgan fingerprint density at radius 3 is 1.93 bits per heavy atom. The van der Waals surface area contributed by atoms with Crippen LogP contribution in [0.25, 0.3) is 21.9 Å². The second kappa shape index (κ2) is 14.9. The predicted octanol–water partition coefficient (Wildman–Crippen LogP) is 0.0532. The number of rotatable bonds is 2. The van der Waals surface area contributed by atoms with E-state index in [4.69, 9.17) is 0 Å². The molecular weight excluding hydrogens is 614 g/mol. The van der Waals surface area contributed by atoms with Crippen LogP contribution in [0.1, 0.15) is 38.8 Å². The molecule has 0 saturated heterocycles. The third-order valence-corrected chi connectivity index (χ3v) is 4.28. The molecule has 0 bridgehead atoms. The van der Waals surface area contributed by atoms with Gasteiger partial charge in [0.25, 0.3) is 0 Å². The molecule has 3 aromatic rings. The van der Waals surface area contributed by atoms with Gasteiger partial charge >= 0.3 is 26.9 Å². The fraction of sp³-hybridized carbons (Fsp3) is 0.348. The Balaban J connectivity index is -0.000000841. The zero-order chi connectivity index (χ0) is 17.7. The van der Waals surface area contributed by atoms with Crippen molar-refractivity contribution in [1.29, 1.82) is 0 Å². The zero-order valence-corrected chi connectivity index (χ0v) is 24.9. The number of hydrogen-bond donors (Lipinski definition) is 0. The van der Waals surface area contributed by atoms with Crippen LogP contribution in [0, 0.1) is 0 Å². The first-order valence-electron chi connectivity index (χ1n) is 8.78. The average Bonchev–Trinajstić information content (AvgIpc) is 2.98. The van der Waals surface area contributed by atoms with Gasteiger partial charge in [-0.2, -0.15) is 6.07 Å². The molecule has 0 aromatic heterocycles. The standard InChI is InChI=1S/C21H23.C2H6Ge.2ClH.Hf.H2O/c1-5-15-13-17-7-6-8-19(20(17)14-15)16-9-11-18(12-10-16)21(2,3)4;1-3-2;;;;/h6-14H,5H2,1-4H3;1-2H3;2*1H;;1H2/q-1;;;;;/p-2. The molecule has 2 radical (unpaired) electrons. The Bertz CT molecular complexity index is 792. The van der Waals surface area contributed by atoms with E-state index in [-0.39, 0.29) is 61.5 Å². The molecule has 0 atom stereocenters. The van der Waals surface area contributed by atoms with Crippen molar-refractivity contribution in [3.8, 4) is 11.1 Å². The van der Waals surface area contributed by atoms with Crippen LogP contribution in [-0.4, -0.2) is 20.9 Å². The van der Waals surface area contributed by atoms with E-state index in [9.17, 15) is 0 Å². The van der Waals surface area contributed by atoms with Crippen molar-refractivity contribution in [3.05, 3.63) is 65.7 Å². The Morgan fingerprint density at radius 2 is 1.46 bits per heavy atom. The molecule has 0 unspecified atom stereocenters. The first-order valence-corrected chi connectivity index (χ1v) is 13.0. The summed E-state index contributed by atoms with van der Waals surface area (Å²) >= 11 is 0.500. The fourth-order valence-corrected chi connectivity index (χ4v) is 2.90. The van der Waals surface area contributed by atoms with Crippen molar-refractivity contribution in [1.82, 2.24) is 0 Å². The van der Waals surface area contributed by atoms with Crippen molar-refractivity contribution in [2.24, 2.45) is 0 Å². The minimum Gasteiger partial charge on any atom is -1.00 e. The van der Waals surface area contributed by atoms with Crippen molar-refractivity contribution >= 4 is 26.2 Å². The molecule has 0 aliphatic rings. The summed E-state index contributed by atoms with van der Waals surface area (Å²) in [7, 11) is 0. The van der Waals surface area contributed by atoms with Crippen LogP contribution < -0.4 is 24.8 Å². The minimum atomic E-state index is 0. The van der Waals surface area contributed by atoms with Gasteiger partial charge in [0.1, 0.15) is 0 Å². The SMILES string of the molecule is CCc1cc2c(-c3ccc(C(C)(C)C)cc3)cccc2[cH-]1.O.[CH3][Ge][CH3].[Cl-].[Cl-].[Hf]. The molecule has 0 aliphatic carbocycles. The maximum atomic E-state index is 2.34. The summed E-state index contributed by atoms with van der Waals surface area (Å²) in [6, 6.07) is 20.3. The summed E-state index contributed by atoms with van der Waals surface area (Å²) < 4.78 is 0. The molecule has 0 aliphatic heterocycles. The van der Waals surface area contributed by atoms with Gasteiger partial charge in [-0.3, -0.25) is 0 Å². The van der Waals surface area contributed by atoms with Crippen molar-refractivity contribution in [2.75, 3.05) is 0 Å². The van der Waals surface area contributed by atoms with Gasteiger partial charge in [0.15, 0.2) is 0 Å². The molecule has 0 fully saturated rings. The first-order chi connectivity index (χ1) is 11.4. The Hall–Kier alpha value is 0.00299. The second-order valence-corrected chi connectivity index (χ2v) is 9.45. The molecule has 3 aromatic carbocycles. The van der Waals surface area contributed by atoms with E-state index in [1.54, 1.807) is 0 Å². The monoisotopic (exact) mass is 647 g/mol. The molecule has 0 saturated carbocycles. The van der Waals surface area contributed by atoms with Crippen LogP contribution >= 0.6 is 0 Å². The van der Waals surface area contributed by atoms with E-state index in [0.29, 0.717) is 15.4 Å². The van der Waals surface area contributed by atoms with Gasteiger partial charge < -0.3 is 30.3 Å². The van der Waals surface area contributed by atoms with Crippen molar-refractivity contribution < 1.29 is 56.1 Å². The molecule has 0 amide bonds. The maximum absolute atomic E-state index is 2.34. The summed E-state index contributed by atoms with van der Waals surface area (Å²) in [5, 5.41) is 2.72. The Morgan fingerprint density at radius 1 is 0.929 bits per heavy atom. The van der Waals surface area contributed by atoms with E-state index < -0.39 is 0 Å². The van der Waals surface area contributed by atoms with E-state index in [0.717, 1.165) is 6.42 Å². The summed E-state index contributed by atoms with van der Waals surface area (Å²) in [6.07, 6.45) is 1.09. The molecule has 154 valence electrons. The number of aryl methyl sites for hydroxylation is 1. The third-order valence-electron chi connectivity index (χ3n) is 4.28. The largest absolute Gasteiger partial charge is 1.00 e. The molecular formula is C23H31Cl2GeHfO-3. The molecule has 2 N–H and O–H groups in total. The molecule has 0 heterocycles. The number of benzene rings is 2. The molecule has 5 heteroatoms. The number of fused-ring (bicyclic) bond motifs is 1. The normalized spacial score (nSPS) is 9.64. The van der Waals surface area contributed by atoms with Gasteiger partial charge in [-0.1, -0.05) is 63.6 Å². The van der Waals surface area contributed by atoms with E-state index in [1.807, 2.05) is 0 Å². The van der Waals surface area contributed by atoms with Gasteiger partial charge in [-0.05, 0) is 23.0 Å². The fourth-order valence-electron chi connectivity index (χ4n) is 2.90. The van der Waals surface area contributed by atoms with Crippen LogP contribution in [0.15, 0.2) is 54.6 Å². The summed E-state index contributed by atoms with van der Waals surface area (Å²) in [6.45, 7) is 8.99. The Kier molecular flexibility index (Phi) is 17.4. The molecule has 3 rings (SSSR count). The minimum absolute atomic E-state index is 0. The topological polar surface area (TPSA) is 31.5 Å². The molecule has 1 nitrogen and oxygen atoms in total.